The number of aromatic nitrogens is 1. The van der Waals surface area contributed by atoms with E-state index in [2.05, 4.69) is 41.3 Å². The number of hydrogen-bond acceptors (Lipinski definition) is 6. The molecule has 0 atom stereocenters. The van der Waals surface area contributed by atoms with Crippen molar-refractivity contribution < 1.29 is 14.3 Å². The number of urea groups is 1. The minimum absolute atomic E-state index is 0.0767. The first-order valence-electron chi connectivity index (χ1n) is 14.2. The number of nitrogens with one attached hydrogen (secondary N) is 2. The molecule has 10 heteroatoms. The van der Waals surface area contributed by atoms with Crippen molar-refractivity contribution in [3.05, 3.63) is 70.5 Å². The fourth-order valence-corrected chi connectivity index (χ4v) is 7.70. The zero-order valence-electron chi connectivity index (χ0n) is 24.2. The van der Waals surface area contributed by atoms with E-state index < -0.39 is 11.8 Å². The van der Waals surface area contributed by atoms with E-state index in [1.54, 1.807) is 18.2 Å². The zero-order chi connectivity index (χ0) is 29.8. The van der Waals surface area contributed by atoms with Crippen molar-refractivity contribution in [2.75, 3.05) is 41.7 Å². The van der Waals surface area contributed by atoms with E-state index >= 15 is 0 Å². The Labute approximate surface area is 254 Å². The molecule has 4 aromatic rings. The largest absolute Gasteiger partial charge is 0.506 e. The summed E-state index contributed by atoms with van der Waals surface area (Å²) in [5, 5.41) is 17.9. The maximum absolute atomic E-state index is 14.8. The molecule has 1 spiro atoms. The molecule has 0 radical (unpaired) electrons. The molecular formula is C32H35ClFN5O2S. The van der Waals surface area contributed by atoms with Crippen LogP contribution in [0.2, 0.25) is 5.02 Å². The minimum atomic E-state index is -0.487. The SMILES string of the molecule is Cc1ccc2nc(NC(=O)Nc3ccc(F)cc3N3CC4(CCN(CC(C)(C)C)CC4)c4c(Cl)ccc(O)c43)sc2c1. The molecule has 0 aliphatic carbocycles. The minimum Gasteiger partial charge on any atom is -0.506 e. The summed E-state index contributed by atoms with van der Waals surface area (Å²) >= 11 is 8.23. The molecule has 0 saturated carbocycles. The average Bonchev–Trinajstić information content (AvgIpc) is 3.47. The number of nitrogens with zero attached hydrogens (tertiary/aromatic N) is 3. The quantitative estimate of drug-likeness (QED) is 0.217. The molecule has 3 aromatic carbocycles. The fraction of sp³-hybridized carbons (Fsp3) is 0.375. The van der Waals surface area contributed by atoms with Crippen LogP contribution in [0.1, 0.15) is 44.7 Å². The highest BCUT2D eigenvalue weighted by Crippen LogP contribution is 2.56. The molecule has 42 heavy (non-hydrogen) atoms. The maximum Gasteiger partial charge on any atom is 0.325 e. The lowest BCUT2D eigenvalue weighted by Crippen LogP contribution is -2.47. The van der Waals surface area contributed by atoms with E-state index in [1.807, 2.05) is 30.0 Å². The van der Waals surface area contributed by atoms with Gasteiger partial charge >= 0.3 is 6.03 Å². The van der Waals surface area contributed by atoms with Gasteiger partial charge in [-0.3, -0.25) is 5.32 Å². The predicted molar refractivity (Wildman–Crippen MR) is 170 cm³/mol. The first-order valence-corrected chi connectivity index (χ1v) is 15.4. The van der Waals surface area contributed by atoms with Gasteiger partial charge in [0.15, 0.2) is 5.13 Å². The number of rotatable bonds is 4. The maximum atomic E-state index is 14.8. The Balaban J connectivity index is 1.30. The number of anilines is 4. The number of piperidine rings is 1. The number of carbonyl (C=O) groups excluding carboxylic acids is 1. The Morgan fingerprint density at radius 2 is 1.88 bits per heavy atom. The lowest BCUT2D eigenvalue weighted by molar-refractivity contribution is 0.125. The van der Waals surface area contributed by atoms with E-state index in [9.17, 15) is 14.3 Å². The number of aromatic hydroxyl groups is 1. The second-order valence-corrected chi connectivity index (χ2v) is 14.2. The number of phenolic OH excluding ortho intramolecular Hbond substituents is 1. The van der Waals surface area contributed by atoms with Crippen molar-refractivity contribution in [1.82, 2.24) is 9.88 Å². The number of halogens is 2. The van der Waals surface area contributed by atoms with Crippen LogP contribution in [0.15, 0.2) is 48.5 Å². The average molecular weight is 608 g/mol. The third kappa shape index (κ3) is 5.53. The summed E-state index contributed by atoms with van der Waals surface area (Å²) in [4.78, 5) is 22.0. The highest BCUT2D eigenvalue weighted by Gasteiger charge is 2.48. The number of phenols is 1. The van der Waals surface area contributed by atoms with Crippen molar-refractivity contribution in [3.8, 4) is 5.75 Å². The van der Waals surface area contributed by atoms with Gasteiger partial charge in [-0.05, 0) is 86.3 Å². The zero-order valence-corrected chi connectivity index (χ0v) is 25.8. The van der Waals surface area contributed by atoms with Gasteiger partial charge in [-0.1, -0.05) is 49.8 Å². The van der Waals surface area contributed by atoms with Crippen LogP contribution < -0.4 is 15.5 Å². The van der Waals surface area contributed by atoms with Crippen LogP contribution >= 0.6 is 22.9 Å². The highest BCUT2D eigenvalue weighted by molar-refractivity contribution is 7.22. The summed E-state index contributed by atoms with van der Waals surface area (Å²) in [6.07, 6.45) is 1.71. The van der Waals surface area contributed by atoms with Crippen LogP contribution in [0.3, 0.4) is 0 Å². The van der Waals surface area contributed by atoms with E-state index in [1.165, 1.54) is 23.5 Å². The third-order valence-corrected chi connectivity index (χ3v) is 9.39. The number of hydrogen-bond donors (Lipinski definition) is 3. The molecule has 2 amide bonds. The summed E-state index contributed by atoms with van der Waals surface area (Å²) < 4.78 is 15.8. The number of likely N-dealkylation sites (tertiary alicyclic amines) is 1. The van der Waals surface area contributed by atoms with Crippen LogP contribution in [0.5, 0.6) is 5.75 Å². The number of benzene rings is 3. The Morgan fingerprint density at radius 1 is 1.12 bits per heavy atom. The summed E-state index contributed by atoms with van der Waals surface area (Å²) in [5.41, 5.74) is 4.13. The van der Waals surface area contributed by atoms with Gasteiger partial charge in [0.2, 0.25) is 0 Å². The van der Waals surface area contributed by atoms with Gasteiger partial charge in [0.1, 0.15) is 11.6 Å². The molecule has 2 aliphatic heterocycles. The normalized spacial score (nSPS) is 16.7. The van der Waals surface area contributed by atoms with Gasteiger partial charge in [-0.25, -0.2) is 14.2 Å². The van der Waals surface area contributed by atoms with Crippen LogP contribution in [0.4, 0.5) is 31.4 Å². The van der Waals surface area contributed by atoms with Crippen molar-refractivity contribution in [2.24, 2.45) is 5.41 Å². The van der Waals surface area contributed by atoms with Gasteiger partial charge in [-0.2, -0.15) is 0 Å². The lowest BCUT2D eigenvalue weighted by Gasteiger charge is -2.42. The topological polar surface area (TPSA) is 80.7 Å². The molecule has 2 aliphatic rings. The van der Waals surface area contributed by atoms with Gasteiger partial charge in [0.25, 0.3) is 0 Å². The summed E-state index contributed by atoms with van der Waals surface area (Å²) in [5.74, 6) is -0.366. The molecule has 0 unspecified atom stereocenters. The number of fused-ring (bicyclic) bond motifs is 3. The number of aryl methyl sites for hydroxylation is 1. The standard InChI is InChI=1S/C32H35ClFN5O2S/c1-19-5-8-23-26(15-19)42-30(36-23)37-29(41)35-22-9-6-20(34)16-24(22)39-18-32(27-21(33)7-10-25(40)28(27)39)11-13-38(14-12-32)17-31(2,3)4/h5-10,15-16,40H,11-14,17-18H2,1-4H3,(H2,35,36,37,41). The Bertz CT molecular complexity index is 1680. The first kappa shape index (κ1) is 28.7. The predicted octanol–water partition coefficient (Wildman–Crippen LogP) is 8.28. The second kappa shape index (κ2) is 10.7. The van der Waals surface area contributed by atoms with E-state index in [0.29, 0.717) is 33.8 Å². The monoisotopic (exact) mass is 607 g/mol. The van der Waals surface area contributed by atoms with Crippen molar-refractivity contribution >= 4 is 61.4 Å². The molecule has 7 nitrogen and oxygen atoms in total. The number of thiazole rings is 1. The van der Waals surface area contributed by atoms with E-state index in [-0.39, 0.29) is 16.6 Å². The van der Waals surface area contributed by atoms with Gasteiger partial charge in [0, 0.05) is 29.1 Å². The van der Waals surface area contributed by atoms with Gasteiger partial charge < -0.3 is 20.2 Å². The molecule has 3 heterocycles. The molecule has 6 rings (SSSR count). The number of carbonyl (C=O) groups is 1. The van der Waals surface area contributed by atoms with Crippen LogP contribution in [0, 0.1) is 18.2 Å². The lowest BCUT2D eigenvalue weighted by atomic mass is 9.74. The van der Waals surface area contributed by atoms with E-state index in [0.717, 1.165) is 53.8 Å². The van der Waals surface area contributed by atoms with Crippen LogP contribution in [-0.4, -0.2) is 47.2 Å². The van der Waals surface area contributed by atoms with Crippen LogP contribution in [-0.2, 0) is 5.41 Å². The Kier molecular flexibility index (Phi) is 7.32. The molecule has 0 bridgehead atoms. The van der Waals surface area contributed by atoms with Crippen molar-refractivity contribution in [2.45, 2.75) is 46.0 Å². The summed E-state index contributed by atoms with van der Waals surface area (Å²) in [6.45, 7) is 12.0. The molecule has 220 valence electrons. The van der Waals surface area contributed by atoms with E-state index in [4.69, 9.17) is 11.6 Å². The highest BCUT2D eigenvalue weighted by atomic mass is 35.5. The van der Waals surface area contributed by atoms with Gasteiger partial charge in [-0.15, -0.1) is 0 Å². The number of amides is 2. The Hall–Kier alpha value is -3.40. The molecule has 1 aromatic heterocycles. The van der Waals surface area contributed by atoms with Crippen molar-refractivity contribution in [3.63, 3.8) is 0 Å². The third-order valence-electron chi connectivity index (χ3n) is 8.14. The Morgan fingerprint density at radius 3 is 2.62 bits per heavy atom. The molecule has 1 fully saturated rings. The fourth-order valence-electron chi connectivity index (χ4n) is 6.39. The molecular weight excluding hydrogens is 573 g/mol. The van der Waals surface area contributed by atoms with Gasteiger partial charge in [0.05, 0.1) is 27.3 Å². The molecule has 1 saturated heterocycles. The molecule has 3 N–H and O–H groups in total. The summed E-state index contributed by atoms with van der Waals surface area (Å²) in [7, 11) is 0. The summed E-state index contributed by atoms with van der Waals surface area (Å²) in [6, 6.07) is 13.0. The second-order valence-electron chi connectivity index (χ2n) is 12.7. The smallest absolute Gasteiger partial charge is 0.325 e. The van der Waals surface area contributed by atoms with Crippen LogP contribution in [0.25, 0.3) is 10.2 Å². The first-order chi connectivity index (χ1) is 19.9. The van der Waals surface area contributed by atoms with Crippen molar-refractivity contribution in [1.29, 1.82) is 0 Å².